The normalized spacial score (nSPS) is 16.3. The Labute approximate surface area is 223 Å². The van der Waals surface area contributed by atoms with Crippen LogP contribution in [0.25, 0.3) is 0 Å². The van der Waals surface area contributed by atoms with Gasteiger partial charge in [0.1, 0.15) is 11.5 Å². The molecule has 1 aliphatic heterocycles. The molecule has 0 bridgehead atoms. The lowest BCUT2D eigenvalue weighted by Gasteiger charge is -2.43. The van der Waals surface area contributed by atoms with E-state index in [1.807, 2.05) is 71.3 Å². The Balaban J connectivity index is 1.57. The van der Waals surface area contributed by atoms with Gasteiger partial charge in [-0.3, -0.25) is 9.59 Å². The predicted molar refractivity (Wildman–Crippen MR) is 149 cm³/mol. The third-order valence-electron chi connectivity index (χ3n) is 7.02. The summed E-state index contributed by atoms with van der Waals surface area (Å²) in [5, 5.41) is 0. The molecule has 0 radical (unpaired) electrons. The first-order chi connectivity index (χ1) is 18.5. The molecule has 2 amide bonds. The summed E-state index contributed by atoms with van der Waals surface area (Å²) < 4.78 is 10.5. The summed E-state index contributed by atoms with van der Waals surface area (Å²) in [7, 11) is 3.21. The Morgan fingerprint density at radius 2 is 1.29 bits per heavy atom. The summed E-state index contributed by atoms with van der Waals surface area (Å²) in [4.78, 5) is 31.5. The van der Waals surface area contributed by atoms with Crippen molar-refractivity contribution in [2.24, 2.45) is 0 Å². The first-order valence-corrected chi connectivity index (χ1v) is 12.6. The molecule has 2 atom stereocenters. The summed E-state index contributed by atoms with van der Waals surface area (Å²) in [5.74, 6) is 1.20. The number of benzene rings is 4. The zero-order valence-corrected chi connectivity index (χ0v) is 21.7. The van der Waals surface area contributed by atoms with Crippen molar-refractivity contribution >= 4 is 23.2 Å². The zero-order valence-electron chi connectivity index (χ0n) is 21.7. The number of amides is 2. The van der Waals surface area contributed by atoms with E-state index in [0.717, 1.165) is 16.9 Å². The van der Waals surface area contributed by atoms with Crippen molar-refractivity contribution in [3.05, 3.63) is 120 Å². The van der Waals surface area contributed by atoms with Gasteiger partial charge < -0.3 is 19.3 Å². The van der Waals surface area contributed by atoms with E-state index in [-0.39, 0.29) is 23.9 Å². The van der Waals surface area contributed by atoms with E-state index in [9.17, 15) is 9.59 Å². The van der Waals surface area contributed by atoms with Gasteiger partial charge in [-0.2, -0.15) is 0 Å². The fraction of sp³-hybridized carbons (Fsp3) is 0.188. The van der Waals surface area contributed by atoms with Crippen molar-refractivity contribution in [1.29, 1.82) is 0 Å². The first-order valence-electron chi connectivity index (χ1n) is 12.6. The van der Waals surface area contributed by atoms with Crippen LogP contribution in [-0.2, 0) is 0 Å². The summed E-state index contributed by atoms with van der Waals surface area (Å²) in [5.41, 5.74) is 3.69. The molecule has 0 N–H and O–H groups in total. The van der Waals surface area contributed by atoms with Crippen LogP contribution in [0.1, 0.15) is 45.7 Å². The smallest absolute Gasteiger partial charge is 0.258 e. The monoisotopic (exact) mass is 506 g/mol. The van der Waals surface area contributed by atoms with Crippen LogP contribution >= 0.6 is 0 Å². The molecule has 4 aromatic carbocycles. The third-order valence-corrected chi connectivity index (χ3v) is 7.02. The molecule has 0 saturated heterocycles. The predicted octanol–water partition coefficient (Wildman–Crippen LogP) is 6.53. The van der Waals surface area contributed by atoms with E-state index >= 15 is 0 Å². The average molecular weight is 507 g/mol. The van der Waals surface area contributed by atoms with Gasteiger partial charge in [0.25, 0.3) is 11.8 Å². The summed E-state index contributed by atoms with van der Waals surface area (Å²) in [6.45, 7) is 2.03. The highest BCUT2D eigenvalue weighted by Crippen LogP contribution is 2.43. The molecular weight excluding hydrogens is 476 g/mol. The topological polar surface area (TPSA) is 59.1 Å². The standard InChI is InChI=1S/C32H30N2O4/c1-22-21-30(34(25-9-5-4-6-10-25)32(36)24-15-19-27(38-3)20-16-24)28-11-7-8-12-29(28)33(22)31(35)23-13-17-26(37-2)18-14-23/h4-20,22,30H,21H2,1-3H3/t22-,30+/m0/s1. The molecule has 0 spiro atoms. The third kappa shape index (κ3) is 4.73. The SMILES string of the molecule is COc1ccc(C(=O)N(c2ccccc2)[C@@H]2C[C@H](C)N(C(=O)c3ccc(OC)cc3)c3ccccc32)cc1. The molecule has 1 heterocycles. The van der Waals surface area contributed by atoms with Gasteiger partial charge in [-0.15, -0.1) is 0 Å². The van der Waals surface area contributed by atoms with Gasteiger partial charge in [0, 0.05) is 28.5 Å². The number of rotatable bonds is 6. The molecule has 0 aromatic heterocycles. The highest BCUT2D eigenvalue weighted by atomic mass is 16.5. The summed E-state index contributed by atoms with van der Waals surface area (Å²) in [6.07, 6.45) is 0.579. The number of hydrogen-bond acceptors (Lipinski definition) is 4. The van der Waals surface area contributed by atoms with Crippen molar-refractivity contribution in [3.8, 4) is 11.5 Å². The number of nitrogens with zero attached hydrogens (tertiary/aromatic N) is 2. The van der Waals surface area contributed by atoms with Gasteiger partial charge in [0.05, 0.1) is 20.3 Å². The molecular formula is C32H30N2O4. The van der Waals surface area contributed by atoms with Gasteiger partial charge in [0.2, 0.25) is 0 Å². The van der Waals surface area contributed by atoms with Crippen LogP contribution in [0.15, 0.2) is 103 Å². The van der Waals surface area contributed by atoms with Gasteiger partial charge in [-0.25, -0.2) is 0 Å². The highest BCUT2D eigenvalue weighted by molar-refractivity contribution is 6.09. The minimum absolute atomic E-state index is 0.0844. The molecule has 38 heavy (non-hydrogen) atoms. The van der Waals surface area contributed by atoms with Crippen LogP contribution in [0.4, 0.5) is 11.4 Å². The molecule has 0 unspecified atom stereocenters. The van der Waals surface area contributed by atoms with Crippen LogP contribution in [0.5, 0.6) is 11.5 Å². The highest BCUT2D eigenvalue weighted by Gasteiger charge is 2.39. The summed E-state index contributed by atoms with van der Waals surface area (Å²) in [6, 6.07) is 31.5. The molecule has 0 saturated carbocycles. The van der Waals surface area contributed by atoms with Gasteiger partial charge in [-0.1, -0.05) is 36.4 Å². The Morgan fingerprint density at radius 1 is 0.737 bits per heavy atom. The minimum Gasteiger partial charge on any atom is -0.497 e. The van der Waals surface area contributed by atoms with E-state index in [1.165, 1.54) is 0 Å². The van der Waals surface area contributed by atoms with Crippen LogP contribution < -0.4 is 19.3 Å². The van der Waals surface area contributed by atoms with Gasteiger partial charge in [-0.05, 0) is 85.6 Å². The van der Waals surface area contributed by atoms with Crippen LogP contribution in [0.2, 0.25) is 0 Å². The molecule has 192 valence electrons. The number of anilines is 2. The zero-order chi connectivity index (χ0) is 26.6. The van der Waals surface area contributed by atoms with Crippen molar-refractivity contribution in [1.82, 2.24) is 0 Å². The number of carbonyl (C=O) groups excluding carboxylic acids is 2. The number of fused-ring (bicyclic) bond motifs is 1. The lowest BCUT2D eigenvalue weighted by atomic mass is 9.89. The maximum Gasteiger partial charge on any atom is 0.258 e. The number of ether oxygens (including phenoxy) is 2. The van der Waals surface area contributed by atoms with Gasteiger partial charge in [0.15, 0.2) is 0 Å². The Hall–Kier alpha value is -4.58. The number of hydrogen-bond donors (Lipinski definition) is 0. The molecule has 6 heteroatoms. The first kappa shape index (κ1) is 25.1. The lowest BCUT2D eigenvalue weighted by Crippen LogP contribution is -2.47. The average Bonchev–Trinajstić information content (AvgIpc) is 2.97. The van der Waals surface area contributed by atoms with Crippen molar-refractivity contribution in [3.63, 3.8) is 0 Å². The van der Waals surface area contributed by atoms with Crippen LogP contribution in [-0.4, -0.2) is 32.1 Å². The second kappa shape index (κ2) is 10.8. The second-order valence-electron chi connectivity index (χ2n) is 9.30. The van der Waals surface area contributed by atoms with Crippen LogP contribution in [0, 0.1) is 0 Å². The number of carbonyl (C=O) groups is 2. The second-order valence-corrected chi connectivity index (χ2v) is 9.30. The van der Waals surface area contributed by atoms with Gasteiger partial charge >= 0.3 is 0 Å². The molecule has 0 fully saturated rings. The fourth-order valence-corrected chi connectivity index (χ4v) is 5.11. The minimum atomic E-state index is -0.266. The maximum atomic E-state index is 14.1. The fourth-order valence-electron chi connectivity index (χ4n) is 5.11. The molecule has 0 aliphatic carbocycles. The van der Waals surface area contributed by atoms with Crippen molar-refractivity contribution in [2.75, 3.05) is 24.0 Å². The Kier molecular flexibility index (Phi) is 7.13. The van der Waals surface area contributed by atoms with E-state index in [1.54, 1.807) is 62.8 Å². The van der Waals surface area contributed by atoms with E-state index < -0.39 is 0 Å². The quantitative estimate of drug-likeness (QED) is 0.298. The van der Waals surface area contributed by atoms with Crippen molar-refractivity contribution < 1.29 is 19.1 Å². The molecule has 4 aromatic rings. The van der Waals surface area contributed by atoms with Crippen LogP contribution in [0.3, 0.4) is 0 Å². The molecule has 5 rings (SSSR count). The van der Waals surface area contributed by atoms with E-state index in [2.05, 4.69) is 0 Å². The summed E-state index contributed by atoms with van der Waals surface area (Å²) >= 11 is 0. The number of para-hydroxylation sites is 2. The Bertz CT molecular complexity index is 1420. The lowest BCUT2D eigenvalue weighted by molar-refractivity contribution is 0.0965. The maximum absolute atomic E-state index is 14.1. The molecule has 1 aliphatic rings. The van der Waals surface area contributed by atoms with Crippen molar-refractivity contribution in [2.45, 2.75) is 25.4 Å². The molecule has 6 nitrogen and oxygen atoms in total. The number of methoxy groups -OCH3 is 2. The van der Waals surface area contributed by atoms with E-state index in [4.69, 9.17) is 9.47 Å². The largest absolute Gasteiger partial charge is 0.497 e. The van der Waals surface area contributed by atoms with E-state index in [0.29, 0.717) is 29.0 Å². The Morgan fingerprint density at radius 3 is 1.89 bits per heavy atom.